The van der Waals surface area contributed by atoms with Crippen LogP contribution in [0.15, 0.2) is 12.2 Å². The van der Waals surface area contributed by atoms with Crippen LogP contribution < -0.4 is 5.32 Å². The van der Waals surface area contributed by atoms with Crippen LogP contribution in [0.3, 0.4) is 0 Å². The largest absolute Gasteiger partial charge is 0.387 e. The van der Waals surface area contributed by atoms with E-state index in [2.05, 4.69) is 5.32 Å². The first kappa shape index (κ1) is 13.2. The topological polar surface area (TPSA) is 75.6 Å². The fraction of sp³-hybridized carbons (Fsp3) is 0.667. The summed E-state index contributed by atoms with van der Waals surface area (Å²) in [4.78, 5) is 22.6. The van der Waals surface area contributed by atoms with E-state index in [9.17, 15) is 19.1 Å². The maximum absolute atomic E-state index is 14.1. The maximum atomic E-state index is 14.1. The summed E-state index contributed by atoms with van der Waals surface area (Å²) in [6.07, 6.45) is -0.199. The summed E-state index contributed by atoms with van der Waals surface area (Å²) in [6.45, 7) is 1.86. The van der Waals surface area contributed by atoms with Crippen molar-refractivity contribution in [2.24, 2.45) is 11.8 Å². The molecule has 5 atom stereocenters. The van der Waals surface area contributed by atoms with E-state index in [-0.39, 0.29) is 6.61 Å². The number of rotatable bonds is 2. The van der Waals surface area contributed by atoms with Crippen molar-refractivity contribution < 1.29 is 23.8 Å². The van der Waals surface area contributed by atoms with E-state index in [1.54, 1.807) is 6.92 Å². The highest BCUT2D eigenvalue weighted by atomic mass is 19.1. The van der Waals surface area contributed by atoms with Gasteiger partial charge in [0.2, 0.25) is 11.8 Å². The fourth-order valence-electron chi connectivity index (χ4n) is 2.41. The molecular weight excluding hydrogens is 241 g/mol. The maximum Gasteiger partial charge on any atom is 0.250 e. The summed E-state index contributed by atoms with van der Waals surface area (Å²) in [7, 11) is 0. The number of ether oxygens (including phenoxy) is 1. The summed E-state index contributed by atoms with van der Waals surface area (Å²) in [5.74, 6) is -2.58. The number of carbonyl (C=O) groups is 2. The molecular formula is C12H16FNO4. The molecule has 0 aromatic rings. The Labute approximate surface area is 104 Å². The number of aliphatic hydroxyl groups is 1. The van der Waals surface area contributed by atoms with Gasteiger partial charge >= 0.3 is 0 Å². The lowest BCUT2D eigenvalue weighted by Gasteiger charge is -2.38. The average molecular weight is 257 g/mol. The fourth-order valence-corrected chi connectivity index (χ4v) is 2.41. The molecule has 0 aromatic heterocycles. The van der Waals surface area contributed by atoms with E-state index in [1.165, 1.54) is 12.2 Å². The first-order chi connectivity index (χ1) is 8.54. The van der Waals surface area contributed by atoms with Gasteiger partial charge in [0.25, 0.3) is 0 Å². The molecule has 2 N–H and O–H groups in total. The number of aliphatic hydroxyl groups excluding tert-OH is 1. The Balaban J connectivity index is 2.12. The minimum Gasteiger partial charge on any atom is -0.387 e. The molecule has 1 saturated heterocycles. The molecule has 2 amide bonds. The second kappa shape index (κ2) is 5.16. The smallest absolute Gasteiger partial charge is 0.250 e. The normalized spacial score (nSPS) is 40.7. The van der Waals surface area contributed by atoms with Gasteiger partial charge < -0.3 is 9.84 Å². The van der Waals surface area contributed by atoms with Crippen LogP contribution in [0.25, 0.3) is 0 Å². The zero-order valence-corrected chi connectivity index (χ0v) is 10.0. The Hall–Kier alpha value is -1.27. The van der Waals surface area contributed by atoms with Crippen LogP contribution in [0.1, 0.15) is 13.3 Å². The third-order valence-corrected chi connectivity index (χ3v) is 3.49. The molecule has 2 rings (SSSR count). The van der Waals surface area contributed by atoms with Crippen molar-refractivity contribution in [3.63, 3.8) is 0 Å². The molecule has 1 fully saturated rings. The zero-order chi connectivity index (χ0) is 13.3. The van der Waals surface area contributed by atoms with Crippen LogP contribution >= 0.6 is 0 Å². The number of hydrogen-bond donors (Lipinski definition) is 2. The molecule has 2 heterocycles. The summed E-state index contributed by atoms with van der Waals surface area (Å²) in [5, 5.41) is 11.9. The van der Waals surface area contributed by atoms with Gasteiger partial charge in [0.15, 0.2) is 0 Å². The molecule has 100 valence electrons. The van der Waals surface area contributed by atoms with Crippen molar-refractivity contribution in [3.8, 4) is 0 Å². The van der Waals surface area contributed by atoms with Crippen LogP contribution in [0.2, 0.25) is 0 Å². The van der Waals surface area contributed by atoms with Crippen molar-refractivity contribution in [3.05, 3.63) is 12.2 Å². The molecule has 0 aliphatic carbocycles. The summed E-state index contributed by atoms with van der Waals surface area (Å²) >= 11 is 0. The third kappa shape index (κ3) is 2.30. The highest BCUT2D eigenvalue weighted by molar-refractivity contribution is 6.05. The number of alkyl halides is 1. The van der Waals surface area contributed by atoms with Crippen LogP contribution in [-0.4, -0.2) is 41.9 Å². The molecule has 6 heteroatoms. The highest BCUT2D eigenvalue weighted by Crippen LogP contribution is 2.31. The van der Waals surface area contributed by atoms with Crippen LogP contribution in [0, 0.1) is 11.8 Å². The molecule has 2 aliphatic rings. The van der Waals surface area contributed by atoms with E-state index in [0.29, 0.717) is 6.42 Å². The summed E-state index contributed by atoms with van der Waals surface area (Å²) in [6, 6.07) is 0. The summed E-state index contributed by atoms with van der Waals surface area (Å²) < 4.78 is 19.5. The molecule has 0 aromatic carbocycles. The van der Waals surface area contributed by atoms with Crippen molar-refractivity contribution in [1.29, 1.82) is 0 Å². The minimum absolute atomic E-state index is 0.0628. The Morgan fingerprint density at radius 2 is 2.28 bits per heavy atom. The SMILES string of the molecule is CCC1OCC(C2C=CC(=O)NC2=O)C(F)C1O. The second-order valence-corrected chi connectivity index (χ2v) is 4.62. The molecule has 2 aliphatic heterocycles. The number of nitrogens with one attached hydrogen (secondary N) is 1. The van der Waals surface area contributed by atoms with Gasteiger partial charge in [0, 0.05) is 12.0 Å². The average Bonchev–Trinajstić information content (AvgIpc) is 2.34. The molecule has 0 radical (unpaired) electrons. The van der Waals surface area contributed by atoms with Gasteiger partial charge in [-0.1, -0.05) is 13.0 Å². The molecule has 5 unspecified atom stereocenters. The quantitative estimate of drug-likeness (QED) is 0.679. The first-order valence-electron chi connectivity index (χ1n) is 6.01. The van der Waals surface area contributed by atoms with Gasteiger partial charge in [-0.15, -0.1) is 0 Å². The number of hydrogen-bond acceptors (Lipinski definition) is 4. The third-order valence-electron chi connectivity index (χ3n) is 3.49. The van der Waals surface area contributed by atoms with E-state index >= 15 is 0 Å². The number of carbonyl (C=O) groups excluding carboxylic acids is 2. The van der Waals surface area contributed by atoms with E-state index in [0.717, 1.165) is 0 Å². The Bertz CT molecular complexity index is 384. The Kier molecular flexibility index (Phi) is 3.77. The van der Waals surface area contributed by atoms with Crippen molar-refractivity contribution in [2.75, 3.05) is 6.61 Å². The lowest BCUT2D eigenvalue weighted by atomic mass is 9.81. The Morgan fingerprint density at radius 1 is 1.56 bits per heavy atom. The minimum atomic E-state index is -1.53. The molecule has 5 nitrogen and oxygen atoms in total. The zero-order valence-electron chi connectivity index (χ0n) is 10.0. The van der Waals surface area contributed by atoms with Gasteiger partial charge in [0.1, 0.15) is 12.3 Å². The lowest BCUT2D eigenvalue weighted by molar-refractivity contribution is -0.157. The van der Waals surface area contributed by atoms with Gasteiger partial charge in [-0.3, -0.25) is 14.9 Å². The molecule has 18 heavy (non-hydrogen) atoms. The number of halogens is 1. The van der Waals surface area contributed by atoms with Crippen molar-refractivity contribution in [1.82, 2.24) is 5.32 Å². The predicted octanol–water partition coefficient (Wildman–Crippen LogP) is -0.0608. The van der Waals surface area contributed by atoms with Gasteiger partial charge in [-0.2, -0.15) is 0 Å². The molecule has 0 spiro atoms. The van der Waals surface area contributed by atoms with Crippen molar-refractivity contribution >= 4 is 11.8 Å². The Morgan fingerprint density at radius 3 is 2.89 bits per heavy atom. The highest BCUT2D eigenvalue weighted by Gasteiger charge is 2.44. The van der Waals surface area contributed by atoms with Crippen LogP contribution in [0.5, 0.6) is 0 Å². The van der Waals surface area contributed by atoms with E-state index in [4.69, 9.17) is 4.74 Å². The number of imide groups is 1. The van der Waals surface area contributed by atoms with E-state index < -0.39 is 42.0 Å². The van der Waals surface area contributed by atoms with Gasteiger partial charge in [-0.25, -0.2) is 4.39 Å². The number of amides is 2. The van der Waals surface area contributed by atoms with Crippen LogP contribution in [0.4, 0.5) is 4.39 Å². The van der Waals surface area contributed by atoms with Crippen molar-refractivity contribution in [2.45, 2.75) is 31.7 Å². The van der Waals surface area contributed by atoms with Crippen LogP contribution in [-0.2, 0) is 14.3 Å². The molecule has 0 saturated carbocycles. The first-order valence-corrected chi connectivity index (χ1v) is 6.01. The van der Waals surface area contributed by atoms with Gasteiger partial charge in [-0.05, 0) is 6.42 Å². The standard InChI is InChI=1S/C12H16FNO4/c1-2-8-11(16)10(13)7(5-18-8)6-3-4-9(15)14-12(6)17/h3-4,6-8,10-11,16H,2,5H2,1H3,(H,14,15,17). The van der Waals surface area contributed by atoms with E-state index in [1.807, 2.05) is 0 Å². The predicted molar refractivity (Wildman–Crippen MR) is 60.2 cm³/mol. The van der Waals surface area contributed by atoms with Gasteiger partial charge in [0.05, 0.1) is 18.6 Å². The molecule has 0 bridgehead atoms. The second-order valence-electron chi connectivity index (χ2n) is 4.62. The monoisotopic (exact) mass is 257 g/mol. The summed E-state index contributed by atoms with van der Waals surface area (Å²) in [5.41, 5.74) is 0. The lowest BCUT2D eigenvalue weighted by Crippen LogP contribution is -2.53.